The van der Waals surface area contributed by atoms with E-state index in [4.69, 9.17) is 0 Å². The molecule has 2 aliphatic heterocycles. The van der Waals surface area contributed by atoms with Gasteiger partial charge in [0.2, 0.25) is 0 Å². The molecule has 0 unspecified atom stereocenters. The van der Waals surface area contributed by atoms with Crippen LogP contribution in [0.2, 0.25) is 0 Å². The summed E-state index contributed by atoms with van der Waals surface area (Å²) in [6.45, 7) is 7.18. The summed E-state index contributed by atoms with van der Waals surface area (Å²) in [5, 5.41) is 3.47. The predicted octanol–water partition coefficient (Wildman–Crippen LogP) is 2.01. The van der Waals surface area contributed by atoms with Crippen molar-refractivity contribution in [3.05, 3.63) is 24.3 Å². The van der Waals surface area contributed by atoms with Gasteiger partial charge in [0, 0.05) is 26.2 Å². The van der Waals surface area contributed by atoms with Crippen molar-refractivity contribution >= 4 is 11.4 Å². The highest BCUT2D eigenvalue weighted by atomic mass is 15.2. The SMILES string of the molecule is c1ccc2c(c1)NCCN2CCN1CCCC1. The Morgan fingerprint density at radius 3 is 2.71 bits per heavy atom. The second kappa shape index (κ2) is 4.96. The topological polar surface area (TPSA) is 18.5 Å². The Kier molecular flexibility index (Phi) is 3.18. The Morgan fingerprint density at radius 2 is 1.82 bits per heavy atom. The first kappa shape index (κ1) is 10.9. The number of para-hydroxylation sites is 2. The Bertz CT molecular complexity index is 371. The fourth-order valence-electron chi connectivity index (χ4n) is 2.85. The molecule has 0 bridgehead atoms. The molecule has 3 nitrogen and oxygen atoms in total. The number of benzene rings is 1. The van der Waals surface area contributed by atoms with Gasteiger partial charge in [0.25, 0.3) is 0 Å². The third-order valence-corrected chi connectivity index (χ3v) is 3.83. The van der Waals surface area contributed by atoms with Crippen LogP contribution in [0.3, 0.4) is 0 Å². The van der Waals surface area contributed by atoms with Crippen LogP contribution in [-0.2, 0) is 0 Å². The van der Waals surface area contributed by atoms with Gasteiger partial charge in [-0.1, -0.05) is 12.1 Å². The molecule has 2 aliphatic rings. The van der Waals surface area contributed by atoms with Crippen molar-refractivity contribution < 1.29 is 0 Å². The van der Waals surface area contributed by atoms with Gasteiger partial charge in [0.15, 0.2) is 0 Å². The average Bonchev–Trinajstić information content (AvgIpc) is 2.89. The zero-order valence-electron chi connectivity index (χ0n) is 10.4. The summed E-state index contributed by atoms with van der Waals surface area (Å²) in [5.74, 6) is 0. The quantitative estimate of drug-likeness (QED) is 0.858. The third kappa shape index (κ3) is 2.39. The number of hydrogen-bond acceptors (Lipinski definition) is 3. The van der Waals surface area contributed by atoms with Gasteiger partial charge in [-0.2, -0.15) is 0 Å². The zero-order valence-corrected chi connectivity index (χ0v) is 10.4. The molecule has 1 saturated heterocycles. The van der Waals surface area contributed by atoms with Gasteiger partial charge in [-0.25, -0.2) is 0 Å². The van der Waals surface area contributed by atoms with Crippen LogP contribution in [0.15, 0.2) is 24.3 Å². The molecule has 0 amide bonds. The number of likely N-dealkylation sites (tertiary alicyclic amines) is 1. The molecule has 1 aromatic rings. The minimum atomic E-state index is 1.07. The third-order valence-electron chi connectivity index (χ3n) is 3.83. The number of hydrogen-bond donors (Lipinski definition) is 1. The van der Waals surface area contributed by atoms with Gasteiger partial charge in [0.1, 0.15) is 0 Å². The van der Waals surface area contributed by atoms with E-state index in [2.05, 4.69) is 39.4 Å². The van der Waals surface area contributed by atoms with Crippen LogP contribution >= 0.6 is 0 Å². The predicted molar refractivity (Wildman–Crippen MR) is 72.8 cm³/mol. The lowest BCUT2D eigenvalue weighted by Crippen LogP contribution is -2.39. The maximum absolute atomic E-state index is 3.47. The highest BCUT2D eigenvalue weighted by molar-refractivity contribution is 5.71. The van der Waals surface area contributed by atoms with Crippen molar-refractivity contribution in [2.75, 3.05) is 49.5 Å². The van der Waals surface area contributed by atoms with E-state index in [0.717, 1.165) is 13.1 Å². The van der Waals surface area contributed by atoms with Crippen LogP contribution in [-0.4, -0.2) is 44.2 Å². The molecule has 0 aliphatic carbocycles. The molecule has 3 heteroatoms. The van der Waals surface area contributed by atoms with Crippen LogP contribution in [0, 0.1) is 0 Å². The lowest BCUT2D eigenvalue weighted by atomic mass is 10.2. The average molecular weight is 231 g/mol. The summed E-state index contributed by atoms with van der Waals surface area (Å²) in [6.07, 6.45) is 2.77. The Labute approximate surface area is 103 Å². The first-order valence-corrected chi connectivity index (χ1v) is 6.74. The van der Waals surface area contributed by atoms with Gasteiger partial charge in [-0.15, -0.1) is 0 Å². The summed E-state index contributed by atoms with van der Waals surface area (Å²) in [7, 11) is 0. The van der Waals surface area contributed by atoms with E-state index in [0.29, 0.717) is 0 Å². The van der Waals surface area contributed by atoms with Crippen LogP contribution in [0.4, 0.5) is 11.4 Å². The number of fused-ring (bicyclic) bond motifs is 1. The van der Waals surface area contributed by atoms with Crippen LogP contribution in [0.5, 0.6) is 0 Å². The van der Waals surface area contributed by atoms with Crippen LogP contribution in [0.25, 0.3) is 0 Å². The summed E-state index contributed by atoms with van der Waals surface area (Å²) in [4.78, 5) is 5.11. The van der Waals surface area contributed by atoms with Gasteiger partial charge in [-0.05, 0) is 38.1 Å². The van der Waals surface area contributed by atoms with Crippen molar-refractivity contribution in [2.45, 2.75) is 12.8 Å². The number of nitrogens with one attached hydrogen (secondary N) is 1. The molecule has 0 radical (unpaired) electrons. The Balaban J connectivity index is 1.64. The molecule has 0 spiro atoms. The largest absolute Gasteiger partial charge is 0.382 e. The summed E-state index contributed by atoms with van der Waals surface area (Å²) in [6, 6.07) is 8.65. The van der Waals surface area contributed by atoms with Crippen molar-refractivity contribution in [1.82, 2.24) is 4.90 Å². The highest BCUT2D eigenvalue weighted by Gasteiger charge is 2.17. The zero-order chi connectivity index (χ0) is 11.5. The normalized spacial score (nSPS) is 20.1. The van der Waals surface area contributed by atoms with Crippen molar-refractivity contribution in [3.8, 4) is 0 Å². The van der Waals surface area contributed by atoms with E-state index in [-0.39, 0.29) is 0 Å². The van der Waals surface area contributed by atoms with Crippen LogP contribution < -0.4 is 10.2 Å². The van der Waals surface area contributed by atoms with E-state index in [1.54, 1.807) is 0 Å². The summed E-state index contributed by atoms with van der Waals surface area (Å²) in [5.41, 5.74) is 2.66. The standard InChI is InChI=1S/C14H21N3/c1-2-6-14-13(5-1)15-7-10-17(14)12-11-16-8-3-4-9-16/h1-2,5-6,15H,3-4,7-12H2. The molecule has 92 valence electrons. The molecule has 2 heterocycles. The minimum Gasteiger partial charge on any atom is -0.382 e. The second-order valence-electron chi connectivity index (χ2n) is 4.98. The molecule has 0 atom stereocenters. The molecule has 17 heavy (non-hydrogen) atoms. The van der Waals surface area contributed by atoms with Crippen molar-refractivity contribution in [1.29, 1.82) is 0 Å². The van der Waals surface area contributed by atoms with E-state index < -0.39 is 0 Å². The molecule has 3 rings (SSSR count). The Morgan fingerprint density at radius 1 is 1.00 bits per heavy atom. The maximum atomic E-state index is 3.47. The number of nitrogens with zero attached hydrogens (tertiary/aromatic N) is 2. The molecule has 0 aromatic heterocycles. The van der Waals surface area contributed by atoms with Crippen LogP contribution in [0.1, 0.15) is 12.8 Å². The smallest absolute Gasteiger partial charge is 0.0603 e. The second-order valence-corrected chi connectivity index (χ2v) is 4.98. The minimum absolute atomic E-state index is 1.07. The summed E-state index contributed by atoms with van der Waals surface area (Å²) >= 11 is 0. The molecule has 1 fully saturated rings. The first-order valence-electron chi connectivity index (χ1n) is 6.74. The lowest BCUT2D eigenvalue weighted by molar-refractivity contribution is 0.344. The van der Waals surface area contributed by atoms with Gasteiger partial charge in [0.05, 0.1) is 11.4 Å². The number of anilines is 2. The molecular formula is C14H21N3. The van der Waals surface area contributed by atoms with Gasteiger partial charge >= 0.3 is 0 Å². The fourth-order valence-corrected chi connectivity index (χ4v) is 2.85. The van der Waals surface area contributed by atoms with E-state index in [9.17, 15) is 0 Å². The first-order chi connectivity index (χ1) is 8.43. The highest BCUT2D eigenvalue weighted by Crippen LogP contribution is 2.28. The van der Waals surface area contributed by atoms with Crippen molar-refractivity contribution in [2.24, 2.45) is 0 Å². The fraction of sp³-hybridized carbons (Fsp3) is 0.571. The maximum Gasteiger partial charge on any atom is 0.0603 e. The monoisotopic (exact) mass is 231 g/mol. The molecule has 1 aromatic carbocycles. The number of rotatable bonds is 3. The van der Waals surface area contributed by atoms with Gasteiger partial charge in [-0.3, -0.25) is 0 Å². The lowest BCUT2D eigenvalue weighted by Gasteiger charge is -2.33. The van der Waals surface area contributed by atoms with Crippen molar-refractivity contribution in [3.63, 3.8) is 0 Å². The molecule has 1 N–H and O–H groups in total. The van der Waals surface area contributed by atoms with E-state index in [1.807, 2.05) is 0 Å². The van der Waals surface area contributed by atoms with E-state index in [1.165, 1.54) is 50.4 Å². The van der Waals surface area contributed by atoms with E-state index >= 15 is 0 Å². The summed E-state index contributed by atoms with van der Waals surface area (Å²) < 4.78 is 0. The molecule has 0 saturated carbocycles. The van der Waals surface area contributed by atoms with Gasteiger partial charge < -0.3 is 15.1 Å². The molecular weight excluding hydrogens is 210 g/mol. The Hall–Kier alpha value is -1.22.